The molecule has 0 radical (unpaired) electrons. The Morgan fingerprint density at radius 3 is 2.52 bits per heavy atom. The van der Waals surface area contributed by atoms with Crippen molar-refractivity contribution in [1.82, 2.24) is 9.88 Å². The predicted octanol–water partition coefficient (Wildman–Crippen LogP) is 5.22. The van der Waals surface area contributed by atoms with Crippen molar-refractivity contribution < 1.29 is 4.79 Å². The molecule has 1 unspecified atom stereocenters. The molecule has 1 amide bonds. The highest BCUT2D eigenvalue weighted by Crippen LogP contribution is 2.25. The summed E-state index contributed by atoms with van der Waals surface area (Å²) in [6.45, 7) is 5.31. The summed E-state index contributed by atoms with van der Waals surface area (Å²) >= 11 is 0. The van der Waals surface area contributed by atoms with Crippen molar-refractivity contribution in [1.29, 1.82) is 0 Å². The van der Waals surface area contributed by atoms with Gasteiger partial charge in [0.05, 0.1) is 0 Å². The molecule has 5 nitrogen and oxygen atoms in total. The number of aromatic nitrogens is 1. The maximum Gasteiger partial charge on any atom is 0.272 e. The minimum Gasteiger partial charge on any atom is -0.372 e. The third-order valence-electron chi connectivity index (χ3n) is 6.22. The van der Waals surface area contributed by atoms with Crippen molar-refractivity contribution >= 4 is 23.0 Å². The van der Waals surface area contributed by atoms with E-state index in [9.17, 15) is 4.79 Å². The van der Waals surface area contributed by atoms with Crippen molar-refractivity contribution in [2.24, 2.45) is 0 Å². The first-order valence-corrected chi connectivity index (χ1v) is 11.1. The van der Waals surface area contributed by atoms with Gasteiger partial charge in [-0.2, -0.15) is 0 Å². The number of likely N-dealkylation sites (tertiary alicyclic amines) is 1. The summed E-state index contributed by atoms with van der Waals surface area (Å²) in [5.41, 5.74) is 3.75. The van der Waals surface area contributed by atoms with Gasteiger partial charge in [0.2, 0.25) is 0 Å². The fraction of sp³-hybridized carbons (Fsp3) is 0.500. The van der Waals surface area contributed by atoms with E-state index in [1.807, 2.05) is 17.0 Å². The summed E-state index contributed by atoms with van der Waals surface area (Å²) < 4.78 is 0. The average Bonchev–Trinajstić information content (AvgIpc) is 2.80. The number of carbonyl (C=O) groups excluding carboxylic acids is 1. The van der Waals surface area contributed by atoms with Crippen LogP contribution >= 0.6 is 0 Å². The van der Waals surface area contributed by atoms with Crippen LogP contribution in [-0.2, 0) is 0 Å². The van der Waals surface area contributed by atoms with Gasteiger partial charge in [-0.25, -0.2) is 0 Å². The van der Waals surface area contributed by atoms with Crippen LogP contribution in [-0.4, -0.2) is 41.5 Å². The average molecular weight is 393 g/mol. The smallest absolute Gasteiger partial charge is 0.272 e. The number of carbonyl (C=O) groups is 1. The van der Waals surface area contributed by atoms with Crippen LogP contribution in [0.15, 0.2) is 42.6 Å². The molecule has 154 valence electrons. The predicted molar refractivity (Wildman–Crippen MR) is 119 cm³/mol. The van der Waals surface area contributed by atoms with Gasteiger partial charge in [-0.15, -0.1) is 0 Å². The number of hydrogen-bond acceptors (Lipinski definition) is 4. The highest BCUT2D eigenvalue weighted by Gasteiger charge is 2.27. The molecule has 0 spiro atoms. The van der Waals surface area contributed by atoms with Crippen molar-refractivity contribution in [3.8, 4) is 0 Å². The third-order valence-corrected chi connectivity index (χ3v) is 6.22. The van der Waals surface area contributed by atoms with Crippen molar-refractivity contribution in [2.75, 3.05) is 29.9 Å². The lowest BCUT2D eigenvalue weighted by molar-refractivity contribution is 0.0602. The number of benzene rings is 1. The van der Waals surface area contributed by atoms with E-state index in [0.717, 1.165) is 50.3 Å². The van der Waals surface area contributed by atoms with Crippen molar-refractivity contribution in [3.63, 3.8) is 0 Å². The zero-order valence-electron chi connectivity index (χ0n) is 17.4. The Hall–Kier alpha value is -2.56. The Kier molecular flexibility index (Phi) is 6.33. The number of hydrogen-bond donors (Lipinski definition) is 1. The van der Waals surface area contributed by atoms with E-state index in [0.29, 0.717) is 11.7 Å². The zero-order chi connectivity index (χ0) is 20.1. The summed E-state index contributed by atoms with van der Waals surface area (Å²) in [4.78, 5) is 21.9. The SMILES string of the molecule is CCC1CCCCN1C(=O)c1cc(Nc2ccc(N3CCCCC3)cc2)ccn1. The summed E-state index contributed by atoms with van der Waals surface area (Å²) in [6.07, 6.45) is 10.0. The van der Waals surface area contributed by atoms with E-state index >= 15 is 0 Å². The van der Waals surface area contributed by atoms with Gasteiger partial charge in [-0.1, -0.05) is 6.92 Å². The molecule has 5 heteroatoms. The van der Waals surface area contributed by atoms with Crippen LogP contribution in [0, 0.1) is 0 Å². The molecular formula is C24H32N4O. The van der Waals surface area contributed by atoms with Crippen LogP contribution in [0.5, 0.6) is 0 Å². The minimum atomic E-state index is 0.0562. The first kappa shape index (κ1) is 19.7. The summed E-state index contributed by atoms with van der Waals surface area (Å²) in [7, 11) is 0. The molecule has 3 heterocycles. The molecular weight excluding hydrogens is 360 g/mol. The Morgan fingerprint density at radius 2 is 1.76 bits per heavy atom. The minimum absolute atomic E-state index is 0.0562. The van der Waals surface area contributed by atoms with Gasteiger partial charge in [-0.05, 0) is 81.3 Å². The Bertz CT molecular complexity index is 814. The van der Waals surface area contributed by atoms with Crippen LogP contribution in [0.25, 0.3) is 0 Å². The second kappa shape index (κ2) is 9.29. The zero-order valence-corrected chi connectivity index (χ0v) is 17.4. The number of nitrogens with one attached hydrogen (secondary N) is 1. The van der Waals surface area contributed by atoms with Gasteiger partial charge < -0.3 is 15.1 Å². The van der Waals surface area contributed by atoms with Gasteiger partial charge in [-0.3, -0.25) is 9.78 Å². The lowest BCUT2D eigenvalue weighted by Crippen LogP contribution is -2.43. The molecule has 1 atom stereocenters. The number of nitrogens with zero attached hydrogens (tertiary/aromatic N) is 3. The van der Waals surface area contributed by atoms with E-state index in [-0.39, 0.29) is 5.91 Å². The Labute approximate surface area is 174 Å². The molecule has 29 heavy (non-hydrogen) atoms. The summed E-state index contributed by atoms with van der Waals surface area (Å²) in [5, 5.41) is 3.43. The van der Waals surface area contributed by atoms with E-state index in [4.69, 9.17) is 0 Å². The van der Waals surface area contributed by atoms with Gasteiger partial charge >= 0.3 is 0 Å². The Morgan fingerprint density at radius 1 is 1.00 bits per heavy atom. The number of amides is 1. The van der Waals surface area contributed by atoms with E-state index in [1.165, 1.54) is 31.4 Å². The topological polar surface area (TPSA) is 48.5 Å². The third kappa shape index (κ3) is 4.72. The molecule has 4 rings (SSSR count). The normalized spacial score (nSPS) is 19.8. The second-order valence-electron chi connectivity index (χ2n) is 8.21. The van der Waals surface area contributed by atoms with Crippen LogP contribution in [0.4, 0.5) is 17.1 Å². The fourth-order valence-corrected chi connectivity index (χ4v) is 4.54. The number of rotatable bonds is 5. The molecule has 2 aliphatic rings. The highest BCUT2D eigenvalue weighted by atomic mass is 16.2. The molecule has 1 N–H and O–H groups in total. The summed E-state index contributed by atoms with van der Waals surface area (Å²) in [5.74, 6) is 0.0562. The maximum atomic E-state index is 13.0. The number of pyridine rings is 1. The number of piperidine rings is 2. The van der Waals surface area contributed by atoms with Crippen molar-refractivity contribution in [2.45, 2.75) is 57.9 Å². The van der Waals surface area contributed by atoms with Gasteiger partial charge in [0.1, 0.15) is 5.69 Å². The standard InChI is InChI=1S/C24H32N4O/c1-2-21-8-4-7-17-28(21)24(29)23-18-20(13-14-25-23)26-19-9-11-22(12-10-19)27-15-5-3-6-16-27/h9-14,18,21H,2-8,15-17H2,1H3,(H,25,26). The maximum absolute atomic E-state index is 13.0. The van der Waals surface area contributed by atoms with Gasteiger partial charge in [0.25, 0.3) is 5.91 Å². The first-order valence-electron chi connectivity index (χ1n) is 11.1. The summed E-state index contributed by atoms with van der Waals surface area (Å²) in [6, 6.07) is 12.7. The van der Waals surface area contributed by atoms with Crippen LogP contribution in [0.1, 0.15) is 62.4 Å². The molecule has 0 aliphatic carbocycles. The van der Waals surface area contributed by atoms with E-state index in [2.05, 4.69) is 46.4 Å². The molecule has 1 aromatic carbocycles. The van der Waals surface area contributed by atoms with Crippen LogP contribution < -0.4 is 10.2 Å². The quantitative estimate of drug-likeness (QED) is 0.758. The molecule has 1 aromatic heterocycles. The van der Waals surface area contributed by atoms with Gasteiger partial charge in [0.15, 0.2) is 0 Å². The molecule has 0 saturated carbocycles. The molecule has 2 fully saturated rings. The lowest BCUT2D eigenvalue weighted by atomic mass is 9.99. The number of anilines is 3. The van der Waals surface area contributed by atoms with Crippen LogP contribution in [0.2, 0.25) is 0 Å². The second-order valence-corrected chi connectivity index (χ2v) is 8.21. The molecule has 2 aliphatic heterocycles. The van der Waals surface area contributed by atoms with E-state index < -0.39 is 0 Å². The van der Waals surface area contributed by atoms with E-state index in [1.54, 1.807) is 6.20 Å². The molecule has 0 bridgehead atoms. The van der Waals surface area contributed by atoms with Crippen molar-refractivity contribution in [3.05, 3.63) is 48.3 Å². The largest absolute Gasteiger partial charge is 0.372 e. The lowest BCUT2D eigenvalue weighted by Gasteiger charge is -2.35. The molecule has 2 saturated heterocycles. The van der Waals surface area contributed by atoms with Crippen LogP contribution in [0.3, 0.4) is 0 Å². The van der Waals surface area contributed by atoms with Gasteiger partial charge in [0, 0.05) is 48.9 Å². The highest BCUT2D eigenvalue weighted by molar-refractivity contribution is 5.93. The Balaban J connectivity index is 1.44. The molecule has 2 aromatic rings. The fourth-order valence-electron chi connectivity index (χ4n) is 4.54. The first-order chi connectivity index (χ1) is 14.2. The monoisotopic (exact) mass is 392 g/mol.